The molecule has 0 aromatic heterocycles. The quantitative estimate of drug-likeness (QED) is 0.733. The fraction of sp³-hybridized carbons (Fsp3) is 0.286. The molecule has 0 spiro atoms. The molecule has 1 aliphatic rings. The van der Waals surface area contributed by atoms with Crippen molar-refractivity contribution in [3.63, 3.8) is 0 Å². The monoisotopic (exact) mass is 414 g/mol. The van der Waals surface area contributed by atoms with Crippen LogP contribution in [-0.2, 0) is 22.6 Å². The molecule has 1 fully saturated rings. The van der Waals surface area contributed by atoms with Crippen LogP contribution < -0.4 is 5.32 Å². The fourth-order valence-corrected chi connectivity index (χ4v) is 3.32. The number of nitrogens with one attached hydrogen (secondary N) is 1. The summed E-state index contributed by atoms with van der Waals surface area (Å²) in [6.45, 7) is 4.91. The van der Waals surface area contributed by atoms with Gasteiger partial charge in [-0.05, 0) is 34.9 Å². The average Bonchev–Trinajstić information content (AvgIpc) is 2.66. The molecule has 1 N–H and O–H groups in total. The molecule has 0 bridgehead atoms. The molecule has 0 radical (unpaired) electrons. The molecule has 0 unspecified atom stereocenters. The largest absolute Gasteiger partial charge is 0.379 e. The second-order valence-corrected chi connectivity index (χ2v) is 7.18. The number of carbonyl (C=O) groups excluding carboxylic acids is 1. The minimum absolute atomic E-state index is 0.0915. The van der Waals surface area contributed by atoms with Crippen molar-refractivity contribution in [2.75, 3.05) is 26.3 Å². The van der Waals surface area contributed by atoms with Crippen LogP contribution in [0.3, 0.4) is 0 Å². The summed E-state index contributed by atoms with van der Waals surface area (Å²) in [5.41, 5.74) is 3.40. The summed E-state index contributed by atoms with van der Waals surface area (Å²) >= 11 is 3.43. The Bertz CT molecular complexity index is 770. The minimum Gasteiger partial charge on any atom is -0.379 e. The van der Waals surface area contributed by atoms with E-state index in [2.05, 4.69) is 38.3 Å². The molecule has 3 rings (SSSR count). The van der Waals surface area contributed by atoms with E-state index in [0.717, 1.165) is 48.4 Å². The van der Waals surface area contributed by atoms with Gasteiger partial charge >= 0.3 is 0 Å². The maximum absolute atomic E-state index is 12.1. The maximum Gasteiger partial charge on any atom is 0.244 e. The number of carbonyl (C=O) groups is 1. The van der Waals surface area contributed by atoms with Gasteiger partial charge in [0.1, 0.15) is 0 Å². The van der Waals surface area contributed by atoms with Crippen LogP contribution in [-0.4, -0.2) is 37.1 Å². The van der Waals surface area contributed by atoms with Gasteiger partial charge in [0.15, 0.2) is 0 Å². The molecule has 2 aromatic rings. The fourth-order valence-electron chi connectivity index (χ4n) is 2.91. The lowest BCUT2D eigenvalue weighted by Gasteiger charge is -2.27. The van der Waals surface area contributed by atoms with Crippen molar-refractivity contribution in [1.29, 1.82) is 0 Å². The van der Waals surface area contributed by atoms with E-state index >= 15 is 0 Å². The molecule has 1 saturated heterocycles. The van der Waals surface area contributed by atoms with Gasteiger partial charge in [-0.1, -0.05) is 52.3 Å². The zero-order valence-electron chi connectivity index (χ0n) is 14.7. The number of rotatable bonds is 6. The molecule has 26 heavy (non-hydrogen) atoms. The first-order chi connectivity index (χ1) is 12.7. The van der Waals surface area contributed by atoms with Crippen LogP contribution in [0.2, 0.25) is 0 Å². The molecule has 136 valence electrons. The van der Waals surface area contributed by atoms with Gasteiger partial charge in [-0.25, -0.2) is 0 Å². The number of ether oxygens (including phenoxy) is 1. The number of amides is 1. The van der Waals surface area contributed by atoms with E-state index in [1.54, 1.807) is 6.08 Å². The number of morpholine rings is 1. The van der Waals surface area contributed by atoms with Gasteiger partial charge in [0.05, 0.1) is 13.2 Å². The van der Waals surface area contributed by atoms with E-state index in [9.17, 15) is 4.79 Å². The van der Waals surface area contributed by atoms with Crippen LogP contribution in [0, 0.1) is 0 Å². The summed E-state index contributed by atoms with van der Waals surface area (Å²) in [5, 5.41) is 2.98. The summed E-state index contributed by atoms with van der Waals surface area (Å²) in [4.78, 5) is 14.5. The van der Waals surface area contributed by atoms with Gasteiger partial charge in [0, 0.05) is 36.7 Å². The van der Waals surface area contributed by atoms with Gasteiger partial charge in [-0.3, -0.25) is 9.69 Å². The van der Waals surface area contributed by atoms with Crippen LogP contribution >= 0.6 is 15.9 Å². The Balaban J connectivity index is 1.56. The standard InChI is InChI=1S/C21H23BrN2O2/c22-20-7-3-4-17(14-20)8-9-21(25)23-15-18-5-1-2-6-19(18)16-24-10-12-26-13-11-24/h1-9,14H,10-13,15-16H2,(H,23,25). The average molecular weight is 415 g/mol. The number of halogens is 1. The summed E-state index contributed by atoms with van der Waals surface area (Å²) < 4.78 is 6.41. The minimum atomic E-state index is -0.0915. The highest BCUT2D eigenvalue weighted by molar-refractivity contribution is 9.10. The Hall–Kier alpha value is -1.95. The molecule has 0 atom stereocenters. The normalized spacial score (nSPS) is 15.3. The lowest BCUT2D eigenvalue weighted by molar-refractivity contribution is -0.116. The molecule has 1 amide bonds. The Morgan fingerprint density at radius 3 is 2.65 bits per heavy atom. The van der Waals surface area contributed by atoms with Crippen molar-refractivity contribution in [1.82, 2.24) is 10.2 Å². The van der Waals surface area contributed by atoms with Crippen LogP contribution in [0.5, 0.6) is 0 Å². The smallest absolute Gasteiger partial charge is 0.244 e. The number of nitrogens with zero attached hydrogens (tertiary/aromatic N) is 1. The molecular weight excluding hydrogens is 392 g/mol. The van der Waals surface area contributed by atoms with E-state index in [4.69, 9.17) is 4.74 Å². The number of hydrogen-bond donors (Lipinski definition) is 1. The Labute approximate surface area is 163 Å². The molecule has 2 aromatic carbocycles. The Morgan fingerprint density at radius 2 is 1.88 bits per heavy atom. The highest BCUT2D eigenvalue weighted by Gasteiger charge is 2.12. The van der Waals surface area contributed by atoms with Crippen LogP contribution in [0.25, 0.3) is 6.08 Å². The van der Waals surface area contributed by atoms with Crippen molar-refractivity contribution in [2.45, 2.75) is 13.1 Å². The van der Waals surface area contributed by atoms with Crippen molar-refractivity contribution in [3.05, 3.63) is 75.8 Å². The highest BCUT2D eigenvalue weighted by atomic mass is 79.9. The van der Waals surface area contributed by atoms with Crippen molar-refractivity contribution >= 4 is 27.9 Å². The molecular formula is C21H23BrN2O2. The Morgan fingerprint density at radius 1 is 1.12 bits per heavy atom. The number of hydrogen-bond acceptors (Lipinski definition) is 3. The van der Waals surface area contributed by atoms with E-state index in [1.807, 2.05) is 42.5 Å². The second-order valence-electron chi connectivity index (χ2n) is 6.26. The molecule has 0 saturated carbocycles. The van der Waals surface area contributed by atoms with Crippen LogP contribution in [0.1, 0.15) is 16.7 Å². The van der Waals surface area contributed by atoms with E-state index in [1.165, 1.54) is 5.56 Å². The third kappa shape index (κ3) is 5.80. The first-order valence-electron chi connectivity index (χ1n) is 8.79. The molecule has 1 aliphatic heterocycles. The van der Waals surface area contributed by atoms with Crippen molar-refractivity contribution in [3.8, 4) is 0 Å². The first kappa shape index (κ1) is 18.8. The SMILES string of the molecule is O=C(C=Cc1cccc(Br)c1)NCc1ccccc1CN1CCOCC1. The predicted molar refractivity (Wildman–Crippen MR) is 108 cm³/mol. The molecule has 0 aliphatic carbocycles. The maximum atomic E-state index is 12.1. The third-order valence-electron chi connectivity index (χ3n) is 4.34. The Kier molecular flexibility index (Phi) is 7.00. The van der Waals surface area contributed by atoms with Crippen LogP contribution in [0.4, 0.5) is 0 Å². The van der Waals surface area contributed by atoms with Gasteiger partial charge in [-0.15, -0.1) is 0 Å². The second kappa shape index (κ2) is 9.67. The predicted octanol–water partition coefficient (Wildman–Crippen LogP) is 3.61. The first-order valence-corrected chi connectivity index (χ1v) is 9.58. The van der Waals surface area contributed by atoms with Crippen LogP contribution in [0.15, 0.2) is 59.1 Å². The van der Waals surface area contributed by atoms with Gasteiger partial charge in [-0.2, -0.15) is 0 Å². The summed E-state index contributed by atoms with van der Waals surface area (Å²) in [6, 6.07) is 16.1. The van der Waals surface area contributed by atoms with Gasteiger partial charge < -0.3 is 10.1 Å². The van der Waals surface area contributed by atoms with E-state index in [-0.39, 0.29) is 5.91 Å². The van der Waals surface area contributed by atoms with Gasteiger partial charge in [0.25, 0.3) is 0 Å². The van der Waals surface area contributed by atoms with E-state index in [0.29, 0.717) is 6.54 Å². The number of benzene rings is 2. The van der Waals surface area contributed by atoms with Crippen molar-refractivity contribution < 1.29 is 9.53 Å². The van der Waals surface area contributed by atoms with E-state index < -0.39 is 0 Å². The highest BCUT2D eigenvalue weighted by Crippen LogP contribution is 2.14. The zero-order chi connectivity index (χ0) is 18.2. The topological polar surface area (TPSA) is 41.6 Å². The lowest BCUT2D eigenvalue weighted by atomic mass is 10.1. The summed E-state index contributed by atoms with van der Waals surface area (Å²) in [7, 11) is 0. The third-order valence-corrected chi connectivity index (χ3v) is 4.84. The molecule has 5 heteroatoms. The lowest BCUT2D eigenvalue weighted by Crippen LogP contribution is -2.36. The molecule has 1 heterocycles. The summed E-state index contributed by atoms with van der Waals surface area (Å²) in [6.07, 6.45) is 3.39. The van der Waals surface area contributed by atoms with Crippen molar-refractivity contribution in [2.24, 2.45) is 0 Å². The molecule has 4 nitrogen and oxygen atoms in total. The van der Waals surface area contributed by atoms with Gasteiger partial charge in [0.2, 0.25) is 5.91 Å². The zero-order valence-corrected chi connectivity index (χ0v) is 16.2. The summed E-state index contributed by atoms with van der Waals surface area (Å²) in [5.74, 6) is -0.0915.